The molecule has 2 aliphatic heterocycles. The molecule has 0 spiro atoms. The summed E-state index contributed by atoms with van der Waals surface area (Å²) >= 11 is 0. The van der Waals surface area contributed by atoms with Gasteiger partial charge in [0, 0.05) is 38.3 Å². The van der Waals surface area contributed by atoms with Crippen LogP contribution in [0, 0.1) is 0 Å². The molecule has 9 heteroatoms. The number of ether oxygens (including phenoxy) is 1. The summed E-state index contributed by atoms with van der Waals surface area (Å²) in [5, 5.41) is 6.51. The molecule has 136 valence electrons. The summed E-state index contributed by atoms with van der Waals surface area (Å²) in [5.41, 5.74) is 0. The summed E-state index contributed by atoms with van der Waals surface area (Å²) in [6.45, 7) is 7.62. The third kappa shape index (κ3) is 6.35. The fourth-order valence-corrected chi connectivity index (χ4v) is 4.73. The largest absolute Gasteiger partial charge is 0.379 e. The first-order chi connectivity index (χ1) is 10.4. The Bertz CT molecular complexity index is 500. The second-order valence-electron chi connectivity index (χ2n) is 6.21. The van der Waals surface area contributed by atoms with Gasteiger partial charge in [0.1, 0.15) is 0 Å². The van der Waals surface area contributed by atoms with E-state index in [1.54, 1.807) is 7.05 Å². The molecule has 2 aliphatic rings. The van der Waals surface area contributed by atoms with E-state index in [1.165, 1.54) is 0 Å². The van der Waals surface area contributed by atoms with Gasteiger partial charge in [-0.05, 0) is 20.3 Å². The molecular formula is C14H29IN4O3S. The Labute approximate surface area is 156 Å². The second-order valence-corrected chi connectivity index (χ2v) is 8.44. The highest BCUT2D eigenvalue weighted by molar-refractivity contribution is 14.0. The van der Waals surface area contributed by atoms with Gasteiger partial charge in [0.25, 0.3) is 0 Å². The Balaban J connectivity index is 0.00000264. The maximum absolute atomic E-state index is 11.5. The van der Waals surface area contributed by atoms with Gasteiger partial charge in [0.2, 0.25) is 0 Å². The topological polar surface area (TPSA) is 83.0 Å². The van der Waals surface area contributed by atoms with E-state index in [1.807, 2.05) is 0 Å². The summed E-state index contributed by atoms with van der Waals surface area (Å²) in [5.74, 6) is 1.14. The first-order valence-corrected chi connectivity index (χ1v) is 9.74. The molecule has 2 heterocycles. The minimum Gasteiger partial charge on any atom is -0.379 e. The molecule has 3 atom stereocenters. The number of hydrogen-bond acceptors (Lipinski definition) is 5. The van der Waals surface area contributed by atoms with Crippen LogP contribution in [-0.4, -0.2) is 82.3 Å². The Morgan fingerprint density at radius 3 is 2.78 bits per heavy atom. The molecule has 0 radical (unpaired) electrons. The Morgan fingerprint density at radius 1 is 1.48 bits per heavy atom. The number of halogens is 1. The quantitative estimate of drug-likeness (QED) is 0.351. The molecule has 0 aromatic rings. The van der Waals surface area contributed by atoms with Gasteiger partial charge in [0.15, 0.2) is 15.8 Å². The van der Waals surface area contributed by atoms with Gasteiger partial charge in [0.05, 0.1) is 24.7 Å². The lowest BCUT2D eigenvalue weighted by molar-refractivity contribution is -0.0174. The van der Waals surface area contributed by atoms with Crippen LogP contribution in [0.5, 0.6) is 0 Å². The number of sulfone groups is 1. The molecule has 0 bridgehead atoms. The van der Waals surface area contributed by atoms with E-state index in [2.05, 4.69) is 34.4 Å². The molecule has 2 fully saturated rings. The maximum atomic E-state index is 11.5. The third-order valence-corrected chi connectivity index (χ3v) is 6.11. The summed E-state index contributed by atoms with van der Waals surface area (Å²) in [6, 6.07) is 0.749. The van der Waals surface area contributed by atoms with Crippen molar-refractivity contribution in [2.24, 2.45) is 4.99 Å². The van der Waals surface area contributed by atoms with Crippen molar-refractivity contribution < 1.29 is 13.2 Å². The molecule has 2 N–H and O–H groups in total. The number of nitrogens with one attached hydrogen (secondary N) is 2. The molecule has 7 nitrogen and oxygen atoms in total. The van der Waals surface area contributed by atoms with Crippen LogP contribution in [0.25, 0.3) is 0 Å². The van der Waals surface area contributed by atoms with Crippen LogP contribution in [0.15, 0.2) is 4.99 Å². The minimum atomic E-state index is -2.87. The fraction of sp³-hybridized carbons (Fsp3) is 0.929. The molecule has 0 aromatic carbocycles. The standard InChI is InChI=1S/C14H28N4O3S.HI/c1-11(18-5-6-21-9-12(18)2)8-16-14(15-3)17-13-4-7-22(19,20)10-13;/h11-13H,4-10H2,1-3H3,(H2,15,16,17);1H. The maximum Gasteiger partial charge on any atom is 0.191 e. The normalized spacial score (nSPS) is 29.6. The highest BCUT2D eigenvalue weighted by Gasteiger charge is 2.29. The van der Waals surface area contributed by atoms with Crippen molar-refractivity contribution in [2.75, 3.05) is 44.9 Å². The Hall–Kier alpha value is -0.130. The monoisotopic (exact) mass is 460 g/mol. The summed E-state index contributed by atoms with van der Waals surface area (Å²) in [4.78, 5) is 6.61. The van der Waals surface area contributed by atoms with E-state index in [0.717, 1.165) is 26.3 Å². The fourth-order valence-electron chi connectivity index (χ4n) is 3.05. The van der Waals surface area contributed by atoms with Crippen molar-refractivity contribution in [1.82, 2.24) is 15.5 Å². The average molecular weight is 460 g/mol. The van der Waals surface area contributed by atoms with Crippen molar-refractivity contribution in [3.05, 3.63) is 0 Å². The van der Waals surface area contributed by atoms with Crippen LogP contribution in [0.3, 0.4) is 0 Å². The van der Waals surface area contributed by atoms with Crippen molar-refractivity contribution >= 4 is 39.8 Å². The Morgan fingerprint density at radius 2 is 2.22 bits per heavy atom. The van der Waals surface area contributed by atoms with Crippen molar-refractivity contribution in [3.63, 3.8) is 0 Å². The van der Waals surface area contributed by atoms with Gasteiger partial charge >= 0.3 is 0 Å². The lowest BCUT2D eigenvalue weighted by Gasteiger charge is -2.38. The van der Waals surface area contributed by atoms with E-state index >= 15 is 0 Å². The molecule has 23 heavy (non-hydrogen) atoms. The van der Waals surface area contributed by atoms with E-state index in [-0.39, 0.29) is 41.5 Å². The minimum absolute atomic E-state index is 0. The zero-order valence-electron chi connectivity index (χ0n) is 14.1. The first kappa shape index (κ1) is 20.9. The predicted molar refractivity (Wildman–Crippen MR) is 103 cm³/mol. The highest BCUT2D eigenvalue weighted by Crippen LogP contribution is 2.12. The third-order valence-electron chi connectivity index (χ3n) is 4.35. The van der Waals surface area contributed by atoms with E-state index in [9.17, 15) is 8.42 Å². The van der Waals surface area contributed by atoms with Crippen LogP contribution in [0.1, 0.15) is 20.3 Å². The number of nitrogens with zero attached hydrogens (tertiary/aromatic N) is 2. The van der Waals surface area contributed by atoms with Crippen molar-refractivity contribution in [1.29, 1.82) is 0 Å². The van der Waals surface area contributed by atoms with E-state index in [0.29, 0.717) is 24.5 Å². The lowest BCUT2D eigenvalue weighted by Crippen LogP contribution is -2.53. The van der Waals surface area contributed by atoms with Gasteiger partial charge in [-0.1, -0.05) is 0 Å². The Kier molecular flexibility index (Phi) is 8.53. The summed E-state index contributed by atoms with van der Waals surface area (Å²) < 4.78 is 28.5. The molecule has 2 saturated heterocycles. The number of morpholine rings is 1. The zero-order chi connectivity index (χ0) is 16.2. The van der Waals surface area contributed by atoms with Crippen LogP contribution in [-0.2, 0) is 14.6 Å². The van der Waals surface area contributed by atoms with Crippen LogP contribution in [0.4, 0.5) is 0 Å². The number of hydrogen-bond donors (Lipinski definition) is 2. The summed E-state index contributed by atoms with van der Waals surface area (Å²) in [6.07, 6.45) is 0.652. The van der Waals surface area contributed by atoms with E-state index < -0.39 is 9.84 Å². The number of guanidine groups is 1. The molecule has 3 unspecified atom stereocenters. The first-order valence-electron chi connectivity index (χ1n) is 7.92. The van der Waals surface area contributed by atoms with E-state index in [4.69, 9.17) is 4.74 Å². The van der Waals surface area contributed by atoms with Crippen LogP contribution in [0.2, 0.25) is 0 Å². The van der Waals surface area contributed by atoms with Crippen LogP contribution >= 0.6 is 24.0 Å². The van der Waals surface area contributed by atoms with Crippen molar-refractivity contribution in [3.8, 4) is 0 Å². The molecule has 0 saturated carbocycles. The van der Waals surface area contributed by atoms with Crippen LogP contribution < -0.4 is 10.6 Å². The molecule has 0 aromatic heterocycles. The number of aliphatic imine (C=N–C) groups is 1. The zero-order valence-corrected chi connectivity index (χ0v) is 17.3. The lowest BCUT2D eigenvalue weighted by atomic mass is 10.2. The number of rotatable bonds is 4. The molecule has 0 amide bonds. The van der Waals surface area contributed by atoms with Gasteiger partial charge in [-0.25, -0.2) is 8.42 Å². The second kappa shape index (κ2) is 9.38. The van der Waals surface area contributed by atoms with Gasteiger partial charge in [-0.2, -0.15) is 0 Å². The van der Waals surface area contributed by atoms with Gasteiger partial charge < -0.3 is 15.4 Å². The summed E-state index contributed by atoms with van der Waals surface area (Å²) in [7, 11) is -1.16. The molecule has 0 aliphatic carbocycles. The van der Waals surface area contributed by atoms with Crippen molar-refractivity contribution in [2.45, 2.75) is 38.4 Å². The van der Waals surface area contributed by atoms with Gasteiger partial charge in [-0.3, -0.25) is 9.89 Å². The smallest absolute Gasteiger partial charge is 0.191 e. The molecule has 2 rings (SSSR count). The predicted octanol–water partition coefficient (Wildman–Crippen LogP) is 0.0657. The molecular weight excluding hydrogens is 431 g/mol. The highest BCUT2D eigenvalue weighted by atomic mass is 127. The average Bonchev–Trinajstić information content (AvgIpc) is 2.82. The van der Waals surface area contributed by atoms with Gasteiger partial charge in [-0.15, -0.1) is 24.0 Å². The SMILES string of the molecule is CN=C(NCC(C)N1CCOCC1C)NC1CCS(=O)(=O)C1.I.